The van der Waals surface area contributed by atoms with Crippen LogP contribution < -0.4 is 4.74 Å². The van der Waals surface area contributed by atoms with Crippen LogP contribution in [0.4, 0.5) is 0 Å². The van der Waals surface area contributed by atoms with Crippen molar-refractivity contribution in [3.05, 3.63) is 172 Å². The molecule has 0 amide bonds. The number of para-hydroxylation sites is 4. The summed E-state index contributed by atoms with van der Waals surface area (Å²) in [7, 11) is 1.56. The fourth-order valence-corrected chi connectivity index (χ4v) is 6.11. The zero-order valence-electron chi connectivity index (χ0n) is 52.4. The number of phenols is 6. The lowest BCUT2D eigenvalue weighted by atomic mass is 10.1. The summed E-state index contributed by atoms with van der Waals surface area (Å²) in [5, 5.41) is 111. The number of rotatable bonds is 21. The topological polar surface area (TPSA) is 326 Å². The number of aryl methyl sites for hydroxylation is 1. The molecule has 19 heteroatoms. The monoisotopic (exact) mass is 1200 g/mol. The van der Waals surface area contributed by atoms with Gasteiger partial charge in [0, 0.05) is 70.7 Å². The Balaban J connectivity index is 0.000000523. The maximum Gasteiger partial charge on any atom is 0.124 e. The van der Waals surface area contributed by atoms with Gasteiger partial charge in [-0.3, -0.25) is 30.0 Å². The Morgan fingerprint density at radius 2 is 0.759 bits per heavy atom. The average Bonchev–Trinajstić information content (AvgIpc) is 3.57. The van der Waals surface area contributed by atoms with E-state index in [0.29, 0.717) is 39.1 Å². The van der Waals surface area contributed by atoms with Crippen molar-refractivity contribution < 1.29 is 66.0 Å². The first-order valence-corrected chi connectivity index (χ1v) is 28.3. The molecule has 0 heterocycles. The van der Waals surface area contributed by atoms with Gasteiger partial charge in [0.25, 0.3) is 0 Å². The standard InChI is InChI=1S/C12H17NO3.2C12H17NO2.2C11H15NO2.C10H13NO2/c1-12(2,8-14)13-7-9-6-10(16-3)4-5-11(9)15;1-9-4-5-11(15)10(6-9)7-13-12(2,3)8-14;1-9(2)11(8-14)13-7-10-5-3-4-6-12(10)15;1-11(2,8-13)12-7-9-5-3-4-6-10(9)14;1-2-10(8-13)12-7-9-5-3-4-6-11(9)14;1-8(7-12)11-6-9-4-2-3-5-10(9)13/h4-7,14-15H,8H2,1-3H3;4-7,14-15H,8H2,1-3H3;3-7,9,11,14-15H,8H2,1-2H3;3-7,13-14H,8H2,1-2H3;3-7,10,13-14H,2,8H2,1H3;2-6,8,12-13H,7H2,1H3. The van der Waals surface area contributed by atoms with Crippen molar-refractivity contribution in [2.24, 2.45) is 35.9 Å². The molecular formula is C68H94N6O13. The van der Waals surface area contributed by atoms with Gasteiger partial charge < -0.3 is 66.0 Å². The van der Waals surface area contributed by atoms with Crippen molar-refractivity contribution in [3.8, 4) is 40.2 Å². The highest BCUT2D eigenvalue weighted by molar-refractivity contribution is 5.86. The number of aromatic hydroxyl groups is 6. The van der Waals surface area contributed by atoms with E-state index in [1.807, 2.05) is 91.8 Å². The molecule has 474 valence electrons. The zero-order chi connectivity index (χ0) is 65.6. The van der Waals surface area contributed by atoms with Crippen LogP contribution in [0.25, 0.3) is 0 Å². The first-order valence-electron chi connectivity index (χ1n) is 28.3. The van der Waals surface area contributed by atoms with Gasteiger partial charge in [0.1, 0.15) is 40.2 Å². The summed E-state index contributed by atoms with van der Waals surface area (Å²) in [6.07, 6.45) is 10.3. The van der Waals surface area contributed by atoms with Crippen LogP contribution in [0.1, 0.15) is 115 Å². The number of methoxy groups -OCH3 is 1. The summed E-state index contributed by atoms with van der Waals surface area (Å²) in [5.41, 5.74) is 3.45. The third kappa shape index (κ3) is 32.1. The minimum Gasteiger partial charge on any atom is -0.507 e. The maximum absolute atomic E-state index is 9.59. The Hall–Kier alpha value is -8.30. The van der Waals surface area contributed by atoms with Gasteiger partial charge in [-0.1, -0.05) is 80.9 Å². The lowest BCUT2D eigenvalue weighted by Crippen LogP contribution is -2.21. The van der Waals surface area contributed by atoms with Crippen molar-refractivity contribution in [2.75, 3.05) is 46.8 Å². The number of aliphatic hydroxyl groups is 6. The summed E-state index contributed by atoms with van der Waals surface area (Å²) in [6.45, 7) is 20.6. The van der Waals surface area contributed by atoms with E-state index in [4.69, 9.17) is 35.4 Å². The minimum atomic E-state index is -0.546. The van der Waals surface area contributed by atoms with Crippen molar-refractivity contribution >= 4 is 37.3 Å². The van der Waals surface area contributed by atoms with Gasteiger partial charge in [0.2, 0.25) is 0 Å². The van der Waals surface area contributed by atoms with Gasteiger partial charge in [-0.05, 0) is 147 Å². The lowest BCUT2D eigenvalue weighted by molar-refractivity contribution is 0.223. The molecule has 19 nitrogen and oxygen atoms in total. The molecule has 0 aromatic heterocycles. The molecule has 0 aliphatic heterocycles. The summed E-state index contributed by atoms with van der Waals surface area (Å²) in [5.74, 6) is 2.11. The molecule has 6 aromatic rings. The average molecular weight is 1200 g/mol. The van der Waals surface area contributed by atoms with E-state index in [2.05, 4.69) is 30.0 Å². The van der Waals surface area contributed by atoms with Crippen LogP contribution in [-0.4, -0.2) is 180 Å². The van der Waals surface area contributed by atoms with Crippen molar-refractivity contribution in [3.63, 3.8) is 0 Å². The maximum atomic E-state index is 9.59. The van der Waals surface area contributed by atoms with Crippen LogP contribution in [0.5, 0.6) is 40.2 Å². The van der Waals surface area contributed by atoms with Crippen molar-refractivity contribution in [1.29, 1.82) is 0 Å². The van der Waals surface area contributed by atoms with Gasteiger partial charge in [-0.25, -0.2) is 0 Å². The van der Waals surface area contributed by atoms with Gasteiger partial charge in [-0.2, -0.15) is 0 Å². The summed E-state index contributed by atoms with van der Waals surface area (Å²) in [6, 6.07) is 37.8. The molecule has 6 aromatic carbocycles. The number of hydrogen-bond donors (Lipinski definition) is 12. The molecule has 0 aliphatic rings. The Morgan fingerprint density at radius 1 is 0.414 bits per heavy atom. The lowest BCUT2D eigenvalue weighted by Gasteiger charge is -2.15. The molecule has 0 fully saturated rings. The SMILES string of the molecule is CC(C)(CO)N=Cc1ccccc1O.CC(C)C(CO)N=Cc1ccccc1O.CC(CO)N=Cc1ccccc1O.CCC(CO)N=Cc1ccccc1O.COc1ccc(O)c(C=NC(C)(C)CO)c1.Cc1ccc(O)c(C=NC(C)(C)CO)c1. The van der Waals surface area contributed by atoms with Gasteiger partial charge in [0.05, 0.1) is 81.5 Å². The van der Waals surface area contributed by atoms with E-state index < -0.39 is 16.6 Å². The van der Waals surface area contributed by atoms with Crippen molar-refractivity contribution in [1.82, 2.24) is 0 Å². The quantitative estimate of drug-likeness (QED) is 0.0299. The van der Waals surface area contributed by atoms with Crippen LogP contribution in [0.15, 0.2) is 163 Å². The molecule has 0 bridgehead atoms. The number of ether oxygens (including phenoxy) is 1. The van der Waals surface area contributed by atoms with Gasteiger partial charge in [-0.15, -0.1) is 0 Å². The van der Waals surface area contributed by atoms with Crippen LogP contribution in [0.2, 0.25) is 0 Å². The van der Waals surface area contributed by atoms with Gasteiger partial charge in [0.15, 0.2) is 0 Å². The van der Waals surface area contributed by atoms with Crippen LogP contribution in [0, 0.1) is 12.8 Å². The highest BCUT2D eigenvalue weighted by atomic mass is 16.5. The molecule has 0 spiro atoms. The second-order valence-electron chi connectivity index (χ2n) is 22.0. The van der Waals surface area contributed by atoms with E-state index >= 15 is 0 Å². The van der Waals surface area contributed by atoms with Crippen LogP contribution in [-0.2, 0) is 0 Å². The number of aliphatic hydroxyl groups excluding tert-OH is 6. The molecule has 0 radical (unpaired) electrons. The Labute approximate surface area is 513 Å². The third-order valence-corrected chi connectivity index (χ3v) is 12.2. The second-order valence-corrected chi connectivity index (χ2v) is 22.0. The van der Waals surface area contributed by atoms with Crippen LogP contribution in [0.3, 0.4) is 0 Å². The molecule has 0 saturated heterocycles. The van der Waals surface area contributed by atoms with E-state index in [0.717, 1.165) is 12.0 Å². The summed E-state index contributed by atoms with van der Waals surface area (Å²) >= 11 is 0. The number of benzene rings is 6. The highest BCUT2D eigenvalue weighted by Gasteiger charge is 2.15. The first-order chi connectivity index (χ1) is 41.1. The minimum absolute atomic E-state index is 0.0168. The Kier molecular flexibility index (Phi) is 36.1. The van der Waals surface area contributed by atoms with E-state index in [1.165, 1.54) is 6.21 Å². The largest absolute Gasteiger partial charge is 0.507 e. The summed E-state index contributed by atoms with van der Waals surface area (Å²) < 4.78 is 5.05. The van der Waals surface area contributed by atoms with Gasteiger partial charge >= 0.3 is 0 Å². The second kappa shape index (κ2) is 40.9. The molecule has 0 saturated carbocycles. The number of nitrogens with zero attached hydrogens (tertiary/aromatic N) is 6. The van der Waals surface area contributed by atoms with E-state index in [9.17, 15) is 30.6 Å². The number of phenolic OH excluding ortho intramolecular Hbond substituents is 6. The first kappa shape index (κ1) is 76.7. The normalized spacial score (nSPS) is 12.8. The van der Waals surface area contributed by atoms with Crippen molar-refractivity contribution in [2.45, 2.75) is 117 Å². The summed E-state index contributed by atoms with van der Waals surface area (Å²) in [4.78, 5) is 25.0. The molecule has 3 unspecified atom stereocenters. The predicted octanol–water partition coefficient (Wildman–Crippen LogP) is 9.66. The number of aliphatic imine (C=N–C) groups is 6. The molecule has 0 aliphatic carbocycles. The highest BCUT2D eigenvalue weighted by Crippen LogP contribution is 2.23. The number of hydrogen-bond acceptors (Lipinski definition) is 19. The van der Waals surface area contributed by atoms with E-state index in [-0.39, 0.29) is 98.2 Å². The molecule has 6 rings (SSSR count). The molecule has 12 N–H and O–H groups in total. The molecule has 87 heavy (non-hydrogen) atoms. The predicted molar refractivity (Wildman–Crippen MR) is 352 cm³/mol. The fraction of sp³-hybridized carbons (Fsp3) is 0.382. The van der Waals surface area contributed by atoms with Crippen LogP contribution >= 0.6 is 0 Å². The fourth-order valence-electron chi connectivity index (χ4n) is 6.11. The third-order valence-electron chi connectivity index (χ3n) is 12.2. The van der Waals surface area contributed by atoms with E-state index in [1.54, 1.807) is 156 Å². The Bertz CT molecular complexity index is 3080. The zero-order valence-corrected chi connectivity index (χ0v) is 52.4. The molecule has 3 atom stereocenters. The smallest absolute Gasteiger partial charge is 0.124 e. The molecular weight excluding hydrogens is 1110 g/mol. The Morgan fingerprint density at radius 3 is 1.10 bits per heavy atom.